The number of carbonyl (C=O) groups excluding carboxylic acids is 1. The highest BCUT2D eigenvalue weighted by Gasteiger charge is 2.28. The third-order valence-electron chi connectivity index (χ3n) is 6.83. The summed E-state index contributed by atoms with van der Waals surface area (Å²) in [5, 5.41) is 18.2. The fraction of sp³-hybridized carbons (Fsp3) is 0.654. The highest BCUT2D eigenvalue weighted by Crippen LogP contribution is 2.34. The van der Waals surface area contributed by atoms with Gasteiger partial charge in [0.05, 0.1) is 44.8 Å². The van der Waals surface area contributed by atoms with E-state index in [1.54, 1.807) is 9.58 Å². The predicted molar refractivity (Wildman–Crippen MR) is 134 cm³/mol. The van der Waals surface area contributed by atoms with Gasteiger partial charge < -0.3 is 24.2 Å². The van der Waals surface area contributed by atoms with Crippen molar-refractivity contribution in [3.63, 3.8) is 0 Å². The fourth-order valence-corrected chi connectivity index (χ4v) is 4.73. The van der Waals surface area contributed by atoms with E-state index in [-0.39, 0.29) is 30.6 Å². The molecule has 1 aromatic carbocycles. The molecule has 1 N–H and O–H groups in total. The molecule has 3 atom stereocenters. The number of likely N-dealkylation sites (N-methyl/N-ethyl adjacent to an activating group) is 1. The van der Waals surface area contributed by atoms with Gasteiger partial charge in [-0.2, -0.15) is 0 Å². The lowest BCUT2D eigenvalue weighted by Gasteiger charge is -2.35. The first-order chi connectivity index (χ1) is 17.4. The average Bonchev–Trinajstić information content (AvgIpc) is 3.18. The molecular formula is C26H39N5O5. The Morgan fingerprint density at radius 1 is 1.25 bits per heavy atom. The molecule has 0 aliphatic carbocycles. The van der Waals surface area contributed by atoms with Gasteiger partial charge >= 0.3 is 0 Å². The molecule has 0 spiro atoms. The first kappa shape index (κ1) is 26.4. The van der Waals surface area contributed by atoms with E-state index in [1.807, 2.05) is 25.3 Å². The molecule has 10 heteroatoms. The number of hydrogen-bond donors (Lipinski definition) is 1. The van der Waals surface area contributed by atoms with Crippen LogP contribution in [0.1, 0.15) is 44.4 Å². The van der Waals surface area contributed by atoms with Crippen molar-refractivity contribution in [2.75, 3.05) is 40.0 Å². The van der Waals surface area contributed by atoms with Gasteiger partial charge in [0.15, 0.2) is 11.5 Å². The number of para-hydroxylation sites is 1. The van der Waals surface area contributed by atoms with Crippen molar-refractivity contribution in [2.45, 2.75) is 65.0 Å². The lowest BCUT2D eigenvalue weighted by Crippen LogP contribution is -2.47. The maximum atomic E-state index is 13.1. The monoisotopic (exact) mass is 501 g/mol. The van der Waals surface area contributed by atoms with Crippen LogP contribution >= 0.6 is 0 Å². The van der Waals surface area contributed by atoms with Crippen LogP contribution in [-0.2, 0) is 29.2 Å². The highest BCUT2D eigenvalue weighted by atomic mass is 16.5. The number of amides is 1. The Morgan fingerprint density at radius 3 is 2.92 bits per heavy atom. The molecule has 198 valence electrons. The zero-order valence-electron chi connectivity index (χ0n) is 21.6. The summed E-state index contributed by atoms with van der Waals surface area (Å²) in [6.07, 6.45) is 3.66. The molecule has 4 rings (SSSR count). The van der Waals surface area contributed by atoms with E-state index < -0.39 is 0 Å². The summed E-state index contributed by atoms with van der Waals surface area (Å²) in [4.78, 5) is 17.1. The number of benzene rings is 1. The number of aromatic nitrogens is 3. The zero-order valence-corrected chi connectivity index (χ0v) is 21.6. The van der Waals surface area contributed by atoms with Crippen molar-refractivity contribution >= 4 is 5.91 Å². The summed E-state index contributed by atoms with van der Waals surface area (Å²) in [5.74, 6) is 1.68. The molecule has 2 aromatic rings. The Balaban J connectivity index is 1.50. The third-order valence-corrected chi connectivity index (χ3v) is 6.83. The number of hydrogen-bond acceptors (Lipinski definition) is 8. The molecule has 36 heavy (non-hydrogen) atoms. The van der Waals surface area contributed by atoms with Crippen LogP contribution < -0.4 is 9.47 Å². The van der Waals surface area contributed by atoms with Crippen molar-refractivity contribution in [1.82, 2.24) is 24.8 Å². The van der Waals surface area contributed by atoms with Gasteiger partial charge in [-0.25, -0.2) is 0 Å². The Morgan fingerprint density at radius 2 is 2.08 bits per heavy atom. The molecule has 2 aliphatic rings. The topological polar surface area (TPSA) is 102 Å². The van der Waals surface area contributed by atoms with Crippen LogP contribution in [0, 0.1) is 5.92 Å². The van der Waals surface area contributed by atoms with Crippen LogP contribution in [0.4, 0.5) is 0 Å². The molecule has 0 fully saturated rings. The van der Waals surface area contributed by atoms with Gasteiger partial charge in [0, 0.05) is 50.5 Å². The predicted octanol–water partition coefficient (Wildman–Crippen LogP) is 2.10. The number of carbonyl (C=O) groups is 1. The summed E-state index contributed by atoms with van der Waals surface area (Å²) in [5.41, 5.74) is 1.85. The Kier molecular flexibility index (Phi) is 9.17. The van der Waals surface area contributed by atoms with Crippen LogP contribution in [0.2, 0.25) is 0 Å². The van der Waals surface area contributed by atoms with Crippen molar-refractivity contribution in [3.05, 3.63) is 35.7 Å². The number of aliphatic hydroxyl groups excluding tert-OH is 1. The quantitative estimate of drug-likeness (QED) is 0.642. The normalized spacial score (nSPS) is 22.4. The summed E-state index contributed by atoms with van der Waals surface area (Å²) >= 11 is 0. The van der Waals surface area contributed by atoms with Crippen LogP contribution in [0.25, 0.3) is 0 Å². The van der Waals surface area contributed by atoms with E-state index in [9.17, 15) is 9.90 Å². The summed E-state index contributed by atoms with van der Waals surface area (Å²) in [6.45, 7) is 8.02. The van der Waals surface area contributed by atoms with E-state index in [0.717, 1.165) is 29.2 Å². The number of fused-ring (bicyclic) bond motifs is 3. The Labute approximate surface area is 213 Å². The molecule has 0 saturated heterocycles. The summed E-state index contributed by atoms with van der Waals surface area (Å²) in [7, 11) is 2.06. The van der Waals surface area contributed by atoms with Gasteiger partial charge in [0.2, 0.25) is 5.91 Å². The van der Waals surface area contributed by atoms with Crippen LogP contribution in [0.15, 0.2) is 24.4 Å². The lowest BCUT2D eigenvalue weighted by molar-refractivity contribution is -0.136. The van der Waals surface area contributed by atoms with E-state index in [4.69, 9.17) is 14.2 Å². The summed E-state index contributed by atoms with van der Waals surface area (Å²) < 4.78 is 20.0. The van der Waals surface area contributed by atoms with Gasteiger partial charge in [-0.1, -0.05) is 24.3 Å². The molecule has 2 aliphatic heterocycles. The van der Waals surface area contributed by atoms with Gasteiger partial charge in [0.25, 0.3) is 0 Å². The van der Waals surface area contributed by atoms with Gasteiger partial charge in [0.1, 0.15) is 5.69 Å². The molecule has 0 radical (unpaired) electrons. The molecule has 2 bridgehead atoms. The first-order valence-corrected chi connectivity index (χ1v) is 12.9. The van der Waals surface area contributed by atoms with E-state index in [2.05, 4.69) is 35.2 Å². The average molecular weight is 502 g/mol. The first-order valence-electron chi connectivity index (χ1n) is 12.9. The second-order valence-corrected chi connectivity index (χ2v) is 9.97. The van der Waals surface area contributed by atoms with Gasteiger partial charge in [-0.3, -0.25) is 14.4 Å². The molecule has 0 unspecified atom stereocenters. The largest absolute Gasteiger partial charge is 0.490 e. The van der Waals surface area contributed by atoms with E-state index in [0.29, 0.717) is 58.8 Å². The van der Waals surface area contributed by atoms with Gasteiger partial charge in [-0.05, 0) is 26.5 Å². The second-order valence-electron chi connectivity index (χ2n) is 9.97. The van der Waals surface area contributed by atoms with Crippen LogP contribution in [0.3, 0.4) is 0 Å². The lowest BCUT2D eigenvalue weighted by atomic mass is 10.0. The van der Waals surface area contributed by atoms with E-state index in [1.165, 1.54) is 0 Å². The molecular weight excluding hydrogens is 462 g/mol. The second kappa shape index (κ2) is 12.5. The van der Waals surface area contributed by atoms with E-state index >= 15 is 0 Å². The fourth-order valence-electron chi connectivity index (χ4n) is 4.73. The number of ether oxygens (including phenoxy) is 3. The Bertz CT molecular complexity index is 999. The third kappa shape index (κ3) is 6.74. The summed E-state index contributed by atoms with van der Waals surface area (Å²) in [6, 6.07) is 5.77. The molecule has 3 heterocycles. The number of aryl methyl sites for hydroxylation is 1. The Hall–Kier alpha value is -2.69. The van der Waals surface area contributed by atoms with Crippen LogP contribution in [-0.4, -0.2) is 87.9 Å². The number of rotatable bonds is 6. The van der Waals surface area contributed by atoms with Crippen LogP contribution in [0.5, 0.6) is 11.5 Å². The molecule has 1 amide bonds. The number of aliphatic hydroxyl groups is 1. The minimum absolute atomic E-state index is 0.0358. The molecule has 0 saturated carbocycles. The smallest absolute Gasteiger partial charge is 0.222 e. The van der Waals surface area contributed by atoms with Crippen molar-refractivity contribution in [2.24, 2.45) is 5.92 Å². The zero-order chi connectivity index (χ0) is 25.5. The molecule has 1 aromatic heterocycles. The maximum Gasteiger partial charge on any atom is 0.222 e. The highest BCUT2D eigenvalue weighted by molar-refractivity contribution is 5.76. The molecule has 10 nitrogen and oxygen atoms in total. The minimum Gasteiger partial charge on any atom is -0.490 e. The minimum atomic E-state index is -0.252. The van der Waals surface area contributed by atoms with Gasteiger partial charge in [-0.15, -0.1) is 5.10 Å². The van der Waals surface area contributed by atoms with Crippen molar-refractivity contribution in [3.8, 4) is 11.5 Å². The number of nitrogens with zero attached hydrogens (tertiary/aromatic N) is 5. The maximum absolute atomic E-state index is 13.1. The van der Waals surface area contributed by atoms with Crippen molar-refractivity contribution in [1.29, 1.82) is 0 Å². The van der Waals surface area contributed by atoms with Crippen molar-refractivity contribution < 1.29 is 24.1 Å². The SMILES string of the molecule is C[C@@H]1CN([C@@H](C)CO)C(=O)CCCn2cc(nn2)CO[C@@H]1CN(C)Cc1cccc2c1OCCCO2. The standard InChI is InChI=1S/C26H39N5O5/c1-19-13-31(20(2)17-32)25(33)9-5-10-30-15-22(27-28-30)18-36-24(19)16-29(3)14-21-7-4-8-23-26(21)35-12-6-11-34-23/h4,7-8,15,19-20,24,32H,5-6,9-14,16-18H2,1-3H3/t19-,20+,24-/m1/s1.